The van der Waals surface area contributed by atoms with E-state index >= 15 is 0 Å². The number of benzene rings is 2. The lowest BCUT2D eigenvalue weighted by molar-refractivity contribution is -1.92. The van der Waals surface area contributed by atoms with E-state index in [2.05, 4.69) is 94.3 Å². The van der Waals surface area contributed by atoms with Crippen molar-refractivity contribution in [3.8, 4) is 0 Å². The number of nitrogens with zero attached hydrogens (tertiary/aromatic N) is 2. The number of pyridine rings is 2. The van der Waals surface area contributed by atoms with Gasteiger partial charge in [-0.25, -0.2) is 0 Å². The molecule has 0 spiro atoms. The van der Waals surface area contributed by atoms with E-state index < -0.39 is 20.5 Å². The molecule has 0 aliphatic carbocycles. The van der Waals surface area contributed by atoms with E-state index in [1.807, 2.05) is 0 Å². The lowest BCUT2D eigenvalue weighted by Crippen LogP contribution is -2.58. The van der Waals surface area contributed by atoms with Crippen molar-refractivity contribution in [2.75, 3.05) is 0 Å². The number of aromatic nitrogens is 2. The van der Waals surface area contributed by atoms with Gasteiger partial charge in [0.15, 0.2) is 12.4 Å². The van der Waals surface area contributed by atoms with E-state index in [9.17, 15) is 0 Å². The van der Waals surface area contributed by atoms with Gasteiger partial charge in [-0.15, -0.1) is 0 Å². The smallest absolute Gasteiger partial charge is 0.198 e. The summed E-state index contributed by atoms with van der Waals surface area (Å²) >= 11 is 0. The van der Waals surface area contributed by atoms with Gasteiger partial charge < -0.3 is 0 Å². The molecule has 0 saturated carbocycles. The fourth-order valence-corrected chi connectivity index (χ4v) is 3.57. The van der Waals surface area contributed by atoms with E-state index in [-0.39, 0.29) is 0 Å². The third kappa shape index (κ3) is 12.2. The van der Waals surface area contributed by atoms with E-state index in [4.69, 9.17) is 37.3 Å². The van der Waals surface area contributed by atoms with Crippen molar-refractivity contribution in [1.82, 2.24) is 0 Å². The maximum absolute atomic E-state index is 8.60. The van der Waals surface area contributed by atoms with Crippen molar-refractivity contribution in [1.29, 1.82) is 0 Å². The highest BCUT2D eigenvalue weighted by Crippen LogP contribution is 2.10. The Hall–Kier alpha value is -2.48. The highest BCUT2D eigenvalue weighted by Gasteiger charge is 2.09. The van der Waals surface area contributed by atoms with Crippen molar-refractivity contribution in [3.05, 3.63) is 85.2 Å². The van der Waals surface area contributed by atoms with Crippen molar-refractivity contribution in [3.63, 3.8) is 0 Å². The molecule has 35 heavy (non-hydrogen) atoms. The predicted octanol–water partition coefficient (Wildman–Crippen LogP) is -3.81. The molecule has 2 aromatic carbocycles. The third-order valence-electron chi connectivity index (χ3n) is 4.87. The molecule has 0 bridgehead atoms. The topological polar surface area (TPSA) is 187 Å². The summed E-state index contributed by atoms with van der Waals surface area (Å²) in [5.74, 6) is 0. The molecule has 0 saturated heterocycles. The Balaban J connectivity index is 0.000000368. The molecule has 2 aromatic heterocycles. The predicted molar refractivity (Wildman–Crippen MR) is 107 cm³/mol. The average molecular weight is 529 g/mol. The van der Waals surface area contributed by atoms with Gasteiger partial charge in [0.1, 0.15) is 13.1 Å². The lowest BCUT2D eigenvalue weighted by Gasteiger charge is -2.03. The van der Waals surface area contributed by atoms with Crippen LogP contribution in [-0.4, -0.2) is 9.32 Å². The molecule has 4 rings (SSSR count). The number of halogens is 2. The van der Waals surface area contributed by atoms with Crippen LogP contribution >= 0.6 is 0 Å². The fraction of sp³-hybridized carbons (Fsp3) is 0.217. The standard InChI is InChI=1S/C23H24N2.2ClHO4/c1(6-16-24-18-8-12-20-10-2-4-14-22(20)24)7-17-25-19-9-13-21-11-3-5-15-23(21)25;2*2-1(3,4)5/h2-5,8-15,18-19H,1,6-7,16-17H2;2*(H,2,3,4,5)/q+2;;. The molecule has 188 valence electrons. The molecule has 0 fully saturated rings. The fourth-order valence-electron chi connectivity index (χ4n) is 3.57. The third-order valence-corrected chi connectivity index (χ3v) is 4.87. The molecule has 4 aromatic rings. The van der Waals surface area contributed by atoms with Crippen molar-refractivity contribution in [2.45, 2.75) is 32.4 Å². The van der Waals surface area contributed by atoms with Crippen LogP contribution in [0.15, 0.2) is 85.2 Å². The quantitative estimate of drug-likeness (QED) is 0.188. The molecule has 0 amide bonds. The van der Waals surface area contributed by atoms with Crippen molar-refractivity contribution < 1.29 is 66.9 Å². The Labute approximate surface area is 206 Å². The Kier molecular flexibility index (Phi) is 11.1. The number of fused-ring (bicyclic) bond motifs is 2. The summed E-state index contributed by atoms with van der Waals surface area (Å²) in [6.07, 6.45) is 8.06. The van der Waals surface area contributed by atoms with Crippen LogP contribution in [0.5, 0.6) is 0 Å². The van der Waals surface area contributed by atoms with Gasteiger partial charge in [-0.2, -0.15) is 37.1 Å². The maximum Gasteiger partial charge on any atom is 0.212 e. The zero-order chi connectivity index (χ0) is 25.9. The van der Waals surface area contributed by atoms with E-state index in [0.717, 1.165) is 13.1 Å². The van der Waals surface area contributed by atoms with Gasteiger partial charge in [-0.3, -0.25) is 0 Å². The first-order chi connectivity index (χ1) is 16.4. The monoisotopic (exact) mass is 528 g/mol. The zero-order valence-corrected chi connectivity index (χ0v) is 20.1. The minimum atomic E-state index is -4.69. The summed E-state index contributed by atoms with van der Waals surface area (Å²) in [6, 6.07) is 25.9. The van der Waals surface area contributed by atoms with Crippen LogP contribution in [0, 0.1) is 20.5 Å². The second-order valence-electron chi connectivity index (χ2n) is 7.37. The summed E-state index contributed by atoms with van der Waals surface area (Å²) in [5.41, 5.74) is 2.65. The number of hydrogen-bond donors (Lipinski definition) is 2. The van der Waals surface area contributed by atoms with Gasteiger partial charge in [0, 0.05) is 47.9 Å². The summed E-state index contributed by atoms with van der Waals surface area (Å²) in [4.78, 5) is 0. The van der Waals surface area contributed by atoms with Gasteiger partial charge >= 0.3 is 0 Å². The zero-order valence-electron chi connectivity index (χ0n) is 18.6. The van der Waals surface area contributed by atoms with Gasteiger partial charge in [-0.05, 0) is 30.7 Å². The van der Waals surface area contributed by atoms with Crippen molar-refractivity contribution in [2.24, 2.45) is 0 Å². The number of para-hydroxylation sites is 2. The first kappa shape index (κ1) is 28.8. The second-order valence-corrected chi connectivity index (χ2v) is 8.96. The van der Waals surface area contributed by atoms with Crippen LogP contribution in [-0.2, 0) is 13.1 Å². The average Bonchev–Trinajstić information content (AvgIpc) is 2.77. The molecule has 0 atom stereocenters. The lowest BCUT2D eigenvalue weighted by atomic mass is 10.2. The van der Waals surface area contributed by atoms with Crippen molar-refractivity contribution >= 4 is 21.8 Å². The molecule has 0 unspecified atom stereocenters. The van der Waals surface area contributed by atoms with E-state index in [0.29, 0.717) is 0 Å². The minimum Gasteiger partial charge on any atom is -0.198 e. The molecule has 0 aliphatic heterocycles. The molecule has 12 heteroatoms. The van der Waals surface area contributed by atoms with Crippen LogP contribution in [0.3, 0.4) is 0 Å². The summed E-state index contributed by atoms with van der Waals surface area (Å²) in [5, 5.41) is 2.63. The Morgan fingerprint density at radius 1 is 0.514 bits per heavy atom. The molecule has 2 N–H and O–H groups in total. The minimum absolute atomic E-state index is 1.08. The van der Waals surface area contributed by atoms with Crippen LogP contribution in [0.2, 0.25) is 0 Å². The SMILES string of the molecule is [O-][Cl+3]([O-])([O-])O.[O-][Cl+3]([O-])([O-])O.c1ccc2c(c1)ccc[n+]2CCCCC[n+]1cccc2ccccc21. The Bertz CT molecular complexity index is 1080. The van der Waals surface area contributed by atoms with Crippen LogP contribution in [0.1, 0.15) is 19.3 Å². The Morgan fingerprint density at radius 2 is 0.829 bits per heavy atom. The van der Waals surface area contributed by atoms with Gasteiger partial charge in [0.05, 0.1) is 29.8 Å². The van der Waals surface area contributed by atoms with Crippen LogP contribution in [0.4, 0.5) is 0 Å². The van der Waals surface area contributed by atoms with Gasteiger partial charge in [-0.1, -0.05) is 24.3 Å². The molecular weight excluding hydrogens is 503 g/mol. The van der Waals surface area contributed by atoms with Crippen LogP contribution in [0.25, 0.3) is 21.8 Å². The number of hydrogen-bond acceptors (Lipinski definition) is 8. The second kappa shape index (κ2) is 13.6. The van der Waals surface area contributed by atoms with E-state index in [1.54, 1.807) is 0 Å². The first-order valence-corrected chi connectivity index (χ1v) is 13.0. The number of aryl methyl sites for hydroxylation is 2. The summed E-state index contributed by atoms with van der Waals surface area (Å²) < 4.78 is 70.2. The van der Waals surface area contributed by atoms with E-state index in [1.165, 1.54) is 41.1 Å². The maximum atomic E-state index is 8.60. The summed E-state index contributed by atoms with van der Waals surface area (Å²) in [7, 11) is -9.39. The Morgan fingerprint density at radius 3 is 1.20 bits per heavy atom. The molecule has 10 nitrogen and oxygen atoms in total. The molecule has 0 radical (unpaired) electrons. The normalized spacial score (nSPS) is 11.4. The highest BCUT2D eigenvalue weighted by molar-refractivity contribution is 5.75. The molecule has 0 aliphatic rings. The number of unbranched alkanes of at least 4 members (excludes halogenated alkanes) is 2. The first-order valence-electron chi connectivity index (χ1n) is 10.4. The summed E-state index contributed by atoms with van der Waals surface area (Å²) in [6.45, 7) is 2.17. The van der Waals surface area contributed by atoms with Gasteiger partial charge in [0.25, 0.3) is 0 Å². The largest absolute Gasteiger partial charge is 0.212 e. The van der Waals surface area contributed by atoms with Gasteiger partial charge in [0.2, 0.25) is 11.0 Å². The molecular formula is C23H26Cl2N2O8+2. The van der Waals surface area contributed by atoms with Crippen LogP contribution < -0.4 is 37.1 Å². The number of rotatable bonds is 6. The highest BCUT2D eigenvalue weighted by atomic mass is 35.7. The molecule has 2 heterocycles.